The Morgan fingerprint density at radius 2 is 1.72 bits per heavy atom. The van der Waals surface area contributed by atoms with Crippen molar-refractivity contribution in [3.05, 3.63) is 100 Å². The van der Waals surface area contributed by atoms with Crippen LogP contribution in [0.4, 0.5) is 24.8 Å². The fourth-order valence-electron chi connectivity index (χ4n) is 5.69. The van der Waals surface area contributed by atoms with Gasteiger partial charge in [0.15, 0.2) is 0 Å². The predicted molar refractivity (Wildman–Crippen MR) is 167 cm³/mol. The fourth-order valence-corrected chi connectivity index (χ4v) is 6.21. The molecule has 3 amide bonds. The molecule has 3 heterocycles. The van der Waals surface area contributed by atoms with Crippen LogP contribution in [-0.2, 0) is 21.5 Å². The molecule has 15 heteroatoms. The number of nitrogens with zero attached hydrogens (tertiary/aromatic N) is 4. The minimum Gasteiger partial charge on any atom is -0.406 e. The highest BCUT2D eigenvalue weighted by Gasteiger charge is 2.54. The lowest BCUT2D eigenvalue weighted by molar-refractivity contribution is -0.274. The van der Waals surface area contributed by atoms with Gasteiger partial charge in [0.2, 0.25) is 11.9 Å². The summed E-state index contributed by atoms with van der Waals surface area (Å²) in [5, 5.41) is 6.27. The molecule has 1 saturated carbocycles. The van der Waals surface area contributed by atoms with E-state index in [0.29, 0.717) is 29.8 Å². The number of carbonyl (C=O) groups is 3. The Morgan fingerprint density at radius 3 is 2.32 bits per heavy atom. The number of halogens is 5. The number of fused-ring (bicyclic) bond motifs is 1. The lowest BCUT2D eigenvalue weighted by Gasteiger charge is -2.27. The van der Waals surface area contributed by atoms with Crippen LogP contribution >= 0.6 is 23.2 Å². The quantitative estimate of drug-likeness (QED) is 0.215. The van der Waals surface area contributed by atoms with Crippen LogP contribution in [0.3, 0.4) is 0 Å². The van der Waals surface area contributed by atoms with Crippen molar-refractivity contribution in [3.63, 3.8) is 0 Å². The third-order valence-corrected chi connectivity index (χ3v) is 8.60. The number of ether oxygens (including phenoxy) is 1. The number of anilines is 2. The highest BCUT2D eigenvalue weighted by atomic mass is 35.5. The summed E-state index contributed by atoms with van der Waals surface area (Å²) in [5.74, 6) is -1.84. The largest absolute Gasteiger partial charge is 0.573 e. The summed E-state index contributed by atoms with van der Waals surface area (Å²) < 4.78 is 43.7. The molecule has 0 bridgehead atoms. The first kappa shape index (κ1) is 32.3. The van der Waals surface area contributed by atoms with Gasteiger partial charge in [0.1, 0.15) is 22.5 Å². The first-order chi connectivity index (χ1) is 22.2. The molecular formula is C32H27Cl2F3N6O4. The number of pyridine rings is 1. The number of benzene rings is 2. The molecule has 2 aromatic carbocycles. The first-order valence-corrected chi connectivity index (χ1v) is 15.2. The van der Waals surface area contributed by atoms with Gasteiger partial charge < -0.3 is 15.4 Å². The van der Waals surface area contributed by atoms with Crippen LogP contribution in [0.25, 0.3) is 0 Å². The van der Waals surface area contributed by atoms with Crippen LogP contribution in [0.1, 0.15) is 54.5 Å². The molecule has 244 valence electrons. The molecule has 6 rings (SSSR count). The van der Waals surface area contributed by atoms with Crippen molar-refractivity contribution in [2.45, 2.75) is 56.6 Å². The zero-order chi connectivity index (χ0) is 33.7. The molecule has 0 unspecified atom stereocenters. The lowest BCUT2D eigenvalue weighted by Crippen LogP contribution is -2.50. The number of hydrogen-bond donors (Lipinski definition) is 2. The Balaban J connectivity index is 1.32. The summed E-state index contributed by atoms with van der Waals surface area (Å²) in [4.78, 5) is 51.5. The summed E-state index contributed by atoms with van der Waals surface area (Å²) in [6.07, 6.45) is -1.18. The molecule has 2 N–H and O–H groups in total. The Morgan fingerprint density at radius 1 is 1.04 bits per heavy atom. The first-order valence-electron chi connectivity index (χ1n) is 14.5. The maximum Gasteiger partial charge on any atom is 0.573 e. The molecule has 0 spiro atoms. The van der Waals surface area contributed by atoms with Crippen LogP contribution < -0.4 is 20.3 Å². The molecule has 1 fully saturated rings. The van der Waals surface area contributed by atoms with Gasteiger partial charge in [0.05, 0.1) is 23.6 Å². The van der Waals surface area contributed by atoms with E-state index in [0.717, 1.165) is 12.1 Å². The third kappa shape index (κ3) is 6.37. The number of imidazole rings is 1. The second-order valence-corrected chi connectivity index (χ2v) is 12.5. The zero-order valence-electron chi connectivity index (χ0n) is 24.9. The number of hydrogen-bond acceptors (Lipinski definition) is 6. The molecule has 2 atom stereocenters. The van der Waals surface area contributed by atoms with Gasteiger partial charge >= 0.3 is 6.36 Å². The van der Waals surface area contributed by atoms with E-state index in [-0.39, 0.29) is 34.0 Å². The minimum atomic E-state index is -4.87. The van der Waals surface area contributed by atoms with Crippen molar-refractivity contribution >= 4 is 52.6 Å². The number of carbonyl (C=O) groups excluding carboxylic acids is 3. The van der Waals surface area contributed by atoms with Crippen LogP contribution in [0.15, 0.2) is 73.1 Å². The van der Waals surface area contributed by atoms with E-state index in [2.05, 4.69) is 25.3 Å². The molecule has 2 aromatic heterocycles. The SMILES string of the molecule is C[C@@H](NC(=O)C1(NC(=O)c2cnc3n2[C@](C)(Cc2ccc(OC(F)(F)F)cc2)C(=O)N3c2cc(Cl)cc(Cl)c2)CC1)c1ccccn1. The van der Waals surface area contributed by atoms with Gasteiger partial charge in [-0.3, -0.25) is 23.9 Å². The van der Waals surface area contributed by atoms with Gasteiger partial charge in [0, 0.05) is 22.7 Å². The smallest absolute Gasteiger partial charge is 0.406 e. The predicted octanol–water partition coefficient (Wildman–Crippen LogP) is 6.26. The number of amides is 3. The second-order valence-electron chi connectivity index (χ2n) is 11.7. The van der Waals surface area contributed by atoms with E-state index >= 15 is 0 Å². The number of alkyl halides is 3. The van der Waals surface area contributed by atoms with Crippen LogP contribution in [0.2, 0.25) is 10.0 Å². The second kappa shape index (κ2) is 11.9. The van der Waals surface area contributed by atoms with E-state index in [1.165, 1.54) is 46.0 Å². The van der Waals surface area contributed by atoms with Crippen LogP contribution in [0, 0.1) is 0 Å². The normalized spacial score (nSPS) is 18.8. The maximum atomic E-state index is 14.3. The van der Waals surface area contributed by atoms with Crippen molar-refractivity contribution in [1.29, 1.82) is 0 Å². The van der Waals surface area contributed by atoms with Gasteiger partial charge in [-0.2, -0.15) is 0 Å². The van der Waals surface area contributed by atoms with Gasteiger partial charge in [-0.1, -0.05) is 41.4 Å². The molecule has 0 saturated heterocycles. The summed E-state index contributed by atoms with van der Waals surface area (Å²) in [6.45, 7) is 3.38. The van der Waals surface area contributed by atoms with Crippen LogP contribution in [-0.4, -0.2) is 44.2 Å². The summed E-state index contributed by atoms with van der Waals surface area (Å²) >= 11 is 12.5. The van der Waals surface area contributed by atoms with Gasteiger partial charge in [-0.25, -0.2) is 9.88 Å². The highest BCUT2D eigenvalue weighted by Crippen LogP contribution is 2.44. The Bertz CT molecular complexity index is 1840. The molecular weight excluding hydrogens is 660 g/mol. The average Bonchev–Trinajstić information content (AvgIpc) is 3.59. The third-order valence-electron chi connectivity index (χ3n) is 8.16. The number of rotatable bonds is 9. The van der Waals surface area contributed by atoms with Gasteiger partial charge in [-0.05, 0) is 74.7 Å². The van der Waals surface area contributed by atoms with Gasteiger partial charge in [0.25, 0.3) is 11.8 Å². The van der Waals surface area contributed by atoms with Gasteiger partial charge in [-0.15, -0.1) is 13.2 Å². The van der Waals surface area contributed by atoms with Crippen LogP contribution in [0.5, 0.6) is 5.75 Å². The van der Waals surface area contributed by atoms with E-state index in [1.54, 1.807) is 32.2 Å². The zero-order valence-corrected chi connectivity index (χ0v) is 26.5. The van der Waals surface area contributed by atoms with Crippen molar-refractivity contribution in [3.8, 4) is 5.75 Å². The standard InChI is InChI=1S/C32H27Cl2F3N6O4/c1-18(24-5-3-4-12-38-24)40-27(45)31(10-11-31)41-26(44)25-17-39-29-42(22-14-20(33)13-21(34)15-22)28(46)30(2,43(25)29)16-19-6-8-23(9-7-19)47-32(35,36)37/h3-9,12-15,17-18H,10-11,16H2,1-2H3,(H,40,45)(H,41,44)/t18-,30-/m1/s1. The molecule has 47 heavy (non-hydrogen) atoms. The fraction of sp³-hybridized carbons (Fsp3) is 0.281. The number of nitrogens with one attached hydrogen (secondary N) is 2. The summed E-state index contributed by atoms with van der Waals surface area (Å²) in [7, 11) is 0. The van der Waals surface area contributed by atoms with Crippen molar-refractivity contribution in [1.82, 2.24) is 25.2 Å². The monoisotopic (exact) mass is 686 g/mol. The average molecular weight is 688 g/mol. The van der Waals surface area contributed by atoms with Crippen molar-refractivity contribution in [2.75, 3.05) is 4.90 Å². The van der Waals surface area contributed by atoms with E-state index < -0.39 is 41.0 Å². The summed E-state index contributed by atoms with van der Waals surface area (Å²) in [6, 6.07) is 14.6. The van der Waals surface area contributed by atoms with E-state index in [4.69, 9.17) is 23.2 Å². The molecule has 0 radical (unpaired) electrons. The van der Waals surface area contributed by atoms with E-state index in [1.807, 2.05) is 6.07 Å². The molecule has 1 aliphatic heterocycles. The lowest BCUT2D eigenvalue weighted by atomic mass is 9.91. The minimum absolute atomic E-state index is 0.000324. The van der Waals surface area contributed by atoms with E-state index in [9.17, 15) is 27.6 Å². The Hall–Kier alpha value is -4.62. The summed E-state index contributed by atoms with van der Waals surface area (Å²) in [5.41, 5.74) is -1.23. The molecule has 2 aliphatic rings. The topological polar surface area (TPSA) is 118 Å². The van der Waals surface area contributed by atoms with Crippen molar-refractivity contribution < 1.29 is 32.3 Å². The maximum absolute atomic E-state index is 14.3. The van der Waals surface area contributed by atoms with Crippen molar-refractivity contribution in [2.24, 2.45) is 0 Å². The number of aromatic nitrogens is 3. The molecule has 10 nitrogen and oxygen atoms in total. The Kier molecular flexibility index (Phi) is 8.17. The Labute approximate surface area is 276 Å². The molecule has 1 aliphatic carbocycles. The highest BCUT2D eigenvalue weighted by molar-refractivity contribution is 6.35. The molecule has 4 aromatic rings.